The van der Waals surface area contributed by atoms with E-state index in [0.717, 1.165) is 24.1 Å². The second-order valence-corrected chi connectivity index (χ2v) is 4.53. The smallest absolute Gasteiger partial charge is 0.202 e. The van der Waals surface area contributed by atoms with Crippen molar-refractivity contribution < 1.29 is 0 Å². The minimum absolute atomic E-state index is 0.505. The molecule has 2 rings (SSSR count). The lowest BCUT2D eigenvalue weighted by atomic mass is 10.1. The van der Waals surface area contributed by atoms with Crippen LogP contribution in [0.3, 0.4) is 0 Å². The van der Waals surface area contributed by atoms with Gasteiger partial charge in [0.05, 0.1) is 5.02 Å². The number of pyridine rings is 1. The van der Waals surface area contributed by atoms with Gasteiger partial charge in [-0.05, 0) is 12.0 Å². The Hall–Kier alpha value is -1.29. The van der Waals surface area contributed by atoms with Crippen molar-refractivity contribution in [1.82, 2.24) is 14.5 Å². The Morgan fingerprint density at radius 2 is 2.31 bits per heavy atom. The Morgan fingerprint density at radius 1 is 1.56 bits per heavy atom. The molecule has 0 aliphatic heterocycles. The zero-order valence-electron chi connectivity index (χ0n) is 9.44. The van der Waals surface area contributed by atoms with E-state index in [1.54, 1.807) is 12.3 Å². The second-order valence-electron chi connectivity index (χ2n) is 4.09. The number of anilines is 1. The molecule has 0 spiro atoms. The van der Waals surface area contributed by atoms with Crippen molar-refractivity contribution in [2.75, 3.05) is 5.73 Å². The summed E-state index contributed by atoms with van der Waals surface area (Å²) in [5.41, 5.74) is 7.44. The molecular weight excluding hydrogens is 224 g/mol. The quantitative estimate of drug-likeness (QED) is 0.895. The fourth-order valence-corrected chi connectivity index (χ4v) is 1.78. The lowest BCUT2D eigenvalue weighted by Gasteiger charge is -2.10. The molecule has 0 aliphatic carbocycles. The van der Waals surface area contributed by atoms with Crippen LogP contribution < -0.4 is 5.73 Å². The molecule has 0 fully saturated rings. The first kappa shape index (κ1) is 11.2. The number of nitrogens with zero attached hydrogens (tertiary/aromatic N) is 3. The first-order valence-corrected chi connectivity index (χ1v) is 5.77. The average Bonchev–Trinajstić information content (AvgIpc) is 2.54. The standard InChI is InChI=1S/C11H15ClN4/c1-3-7(2)6-16-10-9(15-11(16)13)4-8(12)5-14-10/h4-5,7H,3,6H2,1-2H3,(H2,13,15). The molecule has 0 aliphatic rings. The number of imidazole rings is 1. The van der Waals surface area contributed by atoms with Crippen molar-refractivity contribution in [1.29, 1.82) is 0 Å². The predicted molar refractivity (Wildman–Crippen MR) is 66.4 cm³/mol. The van der Waals surface area contributed by atoms with E-state index in [2.05, 4.69) is 23.8 Å². The molecule has 0 bridgehead atoms. The highest BCUT2D eigenvalue weighted by Crippen LogP contribution is 2.20. The molecule has 1 unspecified atom stereocenters. The minimum Gasteiger partial charge on any atom is -0.369 e. The maximum absolute atomic E-state index is 5.88. The molecule has 0 radical (unpaired) electrons. The molecule has 0 saturated carbocycles. The Balaban J connectivity index is 2.47. The van der Waals surface area contributed by atoms with Crippen LogP contribution in [0.4, 0.5) is 5.95 Å². The number of hydrogen-bond donors (Lipinski definition) is 1. The highest BCUT2D eigenvalue weighted by molar-refractivity contribution is 6.31. The SMILES string of the molecule is CCC(C)Cn1c(N)nc2cc(Cl)cnc21. The summed E-state index contributed by atoms with van der Waals surface area (Å²) in [5, 5.41) is 0.584. The molecule has 2 heterocycles. The van der Waals surface area contributed by atoms with Crippen molar-refractivity contribution >= 4 is 28.7 Å². The van der Waals surface area contributed by atoms with Gasteiger partial charge in [0.15, 0.2) is 5.65 Å². The molecule has 0 aromatic carbocycles. The number of halogens is 1. The number of fused-ring (bicyclic) bond motifs is 1. The lowest BCUT2D eigenvalue weighted by Crippen LogP contribution is -2.10. The summed E-state index contributed by atoms with van der Waals surface area (Å²) in [6.07, 6.45) is 2.73. The maximum Gasteiger partial charge on any atom is 0.202 e. The summed E-state index contributed by atoms with van der Waals surface area (Å²) in [6.45, 7) is 5.18. The zero-order valence-corrected chi connectivity index (χ0v) is 10.2. The fraction of sp³-hybridized carbons (Fsp3) is 0.455. The van der Waals surface area contributed by atoms with Crippen LogP contribution in [0.5, 0.6) is 0 Å². The van der Waals surface area contributed by atoms with E-state index in [-0.39, 0.29) is 0 Å². The van der Waals surface area contributed by atoms with E-state index in [4.69, 9.17) is 17.3 Å². The highest BCUT2D eigenvalue weighted by Gasteiger charge is 2.11. The number of rotatable bonds is 3. The summed E-state index contributed by atoms with van der Waals surface area (Å²) in [6, 6.07) is 1.79. The normalized spacial score (nSPS) is 13.2. The third kappa shape index (κ3) is 1.97. The summed E-state index contributed by atoms with van der Waals surface area (Å²) < 4.78 is 1.94. The number of hydrogen-bond acceptors (Lipinski definition) is 3. The average molecular weight is 239 g/mol. The summed E-state index contributed by atoms with van der Waals surface area (Å²) in [4.78, 5) is 8.53. The van der Waals surface area contributed by atoms with Gasteiger partial charge in [-0.2, -0.15) is 0 Å². The van der Waals surface area contributed by atoms with Crippen LogP contribution in [-0.4, -0.2) is 14.5 Å². The predicted octanol–water partition coefficient (Wildman–Crippen LogP) is 2.71. The second kappa shape index (κ2) is 4.29. The topological polar surface area (TPSA) is 56.7 Å². The summed E-state index contributed by atoms with van der Waals surface area (Å²) in [7, 11) is 0. The summed E-state index contributed by atoms with van der Waals surface area (Å²) >= 11 is 5.86. The largest absolute Gasteiger partial charge is 0.369 e. The molecule has 5 heteroatoms. The molecule has 4 nitrogen and oxygen atoms in total. The Morgan fingerprint density at radius 3 is 3.00 bits per heavy atom. The van der Waals surface area contributed by atoms with Gasteiger partial charge in [-0.25, -0.2) is 9.97 Å². The van der Waals surface area contributed by atoms with Gasteiger partial charge >= 0.3 is 0 Å². The molecule has 1 atom stereocenters. The van der Waals surface area contributed by atoms with Crippen molar-refractivity contribution in [3.05, 3.63) is 17.3 Å². The molecule has 86 valence electrons. The number of aromatic nitrogens is 3. The van der Waals surface area contributed by atoms with Crippen molar-refractivity contribution in [2.45, 2.75) is 26.8 Å². The Labute approximate surface area is 99.4 Å². The monoisotopic (exact) mass is 238 g/mol. The Kier molecular flexibility index (Phi) is 3.01. The molecule has 2 aromatic rings. The van der Waals surface area contributed by atoms with Crippen molar-refractivity contribution in [3.8, 4) is 0 Å². The molecule has 0 amide bonds. The van der Waals surface area contributed by atoms with Gasteiger partial charge < -0.3 is 5.73 Å². The first-order valence-electron chi connectivity index (χ1n) is 5.39. The van der Waals surface area contributed by atoms with Crippen LogP contribution in [0.1, 0.15) is 20.3 Å². The van der Waals surface area contributed by atoms with Gasteiger partial charge in [0, 0.05) is 12.7 Å². The maximum atomic E-state index is 5.88. The zero-order chi connectivity index (χ0) is 11.7. The van der Waals surface area contributed by atoms with Gasteiger partial charge in [0.25, 0.3) is 0 Å². The summed E-state index contributed by atoms with van der Waals surface area (Å²) in [5.74, 6) is 1.06. The van der Waals surface area contributed by atoms with E-state index >= 15 is 0 Å². The first-order chi connectivity index (χ1) is 7.61. The molecular formula is C11H15ClN4. The van der Waals surface area contributed by atoms with Gasteiger partial charge in [0.1, 0.15) is 5.52 Å². The third-order valence-corrected chi connectivity index (χ3v) is 2.98. The van der Waals surface area contributed by atoms with Gasteiger partial charge in [0.2, 0.25) is 5.95 Å². The van der Waals surface area contributed by atoms with Crippen LogP contribution in [0.15, 0.2) is 12.3 Å². The molecule has 16 heavy (non-hydrogen) atoms. The van der Waals surface area contributed by atoms with Crippen LogP contribution in [0, 0.1) is 5.92 Å². The third-order valence-electron chi connectivity index (χ3n) is 2.77. The van der Waals surface area contributed by atoms with Gasteiger partial charge in [-0.15, -0.1) is 0 Å². The fourth-order valence-electron chi connectivity index (χ4n) is 1.62. The molecule has 0 saturated heterocycles. The van der Waals surface area contributed by atoms with E-state index in [1.165, 1.54) is 0 Å². The van der Waals surface area contributed by atoms with Gasteiger partial charge in [-0.1, -0.05) is 31.9 Å². The van der Waals surface area contributed by atoms with Crippen molar-refractivity contribution in [2.24, 2.45) is 5.92 Å². The van der Waals surface area contributed by atoms with E-state index < -0.39 is 0 Å². The minimum atomic E-state index is 0.505. The van der Waals surface area contributed by atoms with Gasteiger partial charge in [-0.3, -0.25) is 4.57 Å². The van der Waals surface area contributed by atoms with Crippen LogP contribution >= 0.6 is 11.6 Å². The van der Waals surface area contributed by atoms with Crippen LogP contribution in [0.2, 0.25) is 5.02 Å². The Bertz CT molecular complexity index is 506. The van der Waals surface area contributed by atoms with Crippen molar-refractivity contribution in [3.63, 3.8) is 0 Å². The molecule has 2 N–H and O–H groups in total. The van der Waals surface area contributed by atoms with E-state index in [1.807, 2.05) is 4.57 Å². The van der Waals surface area contributed by atoms with Crippen LogP contribution in [-0.2, 0) is 6.54 Å². The number of nitrogen functional groups attached to an aromatic ring is 1. The highest BCUT2D eigenvalue weighted by atomic mass is 35.5. The molecule has 2 aromatic heterocycles. The number of nitrogens with two attached hydrogens (primary N) is 1. The lowest BCUT2D eigenvalue weighted by molar-refractivity contribution is 0.478. The van der Waals surface area contributed by atoms with E-state index in [9.17, 15) is 0 Å². The van der Waals surface area contributed by atoms with Crippen LogP contribution in [0.25, 0.3) is 11.2 Å². The van der Waals surface area contributed by atoms with E-state index in [0.29, 0.717) is 16.9 Å².